The minimum atomic E-state index is -0.0720. The number of Topliss-reactive ketones (excluding diaryl/α,β-unsaturated/α-hetero) is 1. The number of amides is 1. The highest BCUT2D eigenvalue weighted by Gasteiger charge is 2.22. The molecular formula is C16H23N3O2. The number of nitrogens with zero attached hydrogens (tertiary/aromatic N) is 2. The van der Waals surface area contributed by atoms with E-state index in [-0.39, 0.29) is 18.2 Å². The second-order valence-electron chi connectivity index (χ2n) is 5.47. The van der Waals surface area contributed by atoms with E-state index in [9.17, 15) is 9.59 Å². The molecule has 5 nitrogen and oxygen atoms in total. The van der Waals surface area contributed by atoms with Crippen molar-refractivity contribution < 1.29 is 9.59 Å². The Hall–Kier alpha value is -1.75. The fourth-order valence-corrected chi connectivity index (χ4v) is 2.63. The molecule has 0 aliphatic carbocycles. The molecule has 0 aromatic carbocycles. The third-order valence-electron chi connectivity index (χ3n) is 3.90. The summed E-state index contributed by atoms with van der Waals surface area (Å²) in [6.07, 6.45) is 4.32. The second-order valence-corrected chi connectivity index (χ2v) is 5.47. The molecular weight excluding hydrogens is 266 g/mol. The summed E-state index contributed by atoms with van der Waals surface area (Å²) >= 11 is 0. The molecule has 0 saturated carbocycles. The minimum absolute atomic E-state index is 0.0720. The first kappa shape index (κ1) is 15.6. The fourth-order valence-electron chi connectivity index (χ4n) is 2.63. The lowest BCUT2D eigenvalue weighted by Crippen LogP contribution is -2.40. The Kier molecular flexibility index (Phi) is 5.87. The average molecular weight is 289 g/mol. The van der Waals surface area contributed by atoms with Crippen LogP contribution in [0.3, 0.4) is 0 Å². The predicted octanol–water partition coefficient (Wildman–Crippen LogP) is 1.36. The Labute approximate surface area is 125 Å². The normalized spacial score (nSPS) is 16.6. The molecule has 1 N–H and O–H groups in total. The first-order valence-electron chi connectivity index (χ1n) is 7.60. The Bertz CT molecular complexity index is 468. The first-order valence-corrected chi connectivity index (χ1v) is 7.60. The van der Waals surface area contributed by atoms with Crippen molar-refractivity contribution >= 4 is 11.7 Å². The van der Waals surface area contributed by atoms with Gasteiger partial charge in [-0.05, 0) is 38.1 Å². The molecule has 5 heteroatoms. The number of aromatic nitrogens is 1. The SMILES string of the molecule is CCC(=O)NCC(=O)CN1CCC(c2ccccn2)CC1. The Morgan fingerprint density at radius 2 is 2.10 bits per heavy atom. The zero-order valence-electron chi connectivity index (χ0n) is 12.5. The lowest BCUT2D eigenvalue weighted by atomic mass is 9.93. The van der Waals surface area contributed by atoms with E-state index in [2.05, 4.69) is 21.3 Å². The van der Waals surface area contributed by atoms with Gasteiger partial charge >= 0.3 is 0 Å². The van der Waals surface area contributed by atoms with Gasteiger partial charge in [0.15, 0.2) is 5.78 Å². The Morgan fingerprint density at radius 3 is 2.71 bits per heavy atom. The van der Waals surface area contributed by atoms with Crippen LogP contribution < -0.4 is 5.32 Å². The zero-order valence-corrected chi connectivity index (χ0v) is 12.5. The number of rotatable bonds is 6. The van der Waals surface area contributed by atoms with Crippen LogP contribution in [0.15, 0.2) is 24.4 Å². The molecule has 1 amide bonds. The molecule has 0 unspecified atom stereocenters. The fraction of sp³-hybridized carbons (Fsp3) is 0.562. The number of nitrogens with one attached hydrogen (secondary N) is 1. The van der Waals surface area contributed by atoms with Gasteiger partial charge < -0.3 is 5.32 Å². The molecule has 1 saturated heterocycles. The molecule has 2 rings (SSSR count). The van der Waals surface area contributed by atoms with Crippen molar-refractivity contribution in [2.24, 2.45) is 0 Å². The van der Waals surface area contributed by atoms with Crippen molar-refractivity contribution in [1.82, 2.24) is 15.2 Å². The van der Waals surface area contributed by atoms with Crippen LogP contribution in [0.2, 0.25) is 0 Å². The topological polar surface area (TPSA) is 62.3 Å². The van der Waals surface area contributed by atoms with E-state index >= 15 is 0 Å². The maximum absolute atomic E-state index is 11.8. The van der Waals surface area contributed by atoms with Crippen molar-refractivity contribution in [2.75, 3.05) is 26.2 Å². The molecule has 0 bridgehead atoms. The molecule has 1 aliphatic rings. The van der Waals surface area contributed by atoms with E-state index in [1.54, 1.807) is 6.92 Å². The smallest absolute Gasteiger partial charge is 0.220 e. The second kappa shape index (κ2) is 7.88. The monoisotopic (exact) mass is 289 g/mol. The lowest BCUT2D eigenvalue weighted by molar-refractivity contribution is -0.125. The molecule has 1 aromatic rings. The van der Waals surface area contributed by atoms with Gasteiger partial charge in [0.05, 0.1) is 13.1 Å². The number of likely N-dealkylation sites (tertiary alicyclic amines) is 1. The summed E-state index contributed by atoms with van der Waals surface area (Å²) in [5, 5.41) is 2.63. The quantitative estimate of drug-likeness (QED) is 0.859. The predicted molar refractivity (Wildman–Crippen MR) is 81.0 cm³/mol. The highest BCUT2D eigenvalue weighted by Crippen LogP contribution is 2.25. The van der Waals surface area contributed by atoms with Gasteiger partial charge in [-0.15, -0.1) is 0 Å². The summed E-state index contributed by atoms with van der Waals surface area (Å²) in [6.45, 7) is 4.18. The minimum Gasteiger partial charge on any atom is -0.349 e. The summed E-state index contributed by atoms with van der Waals surface area (Å²) < 4.78 is 0. The van der Waals surface area contributed by atoms with Crippen LogP contribution in [0.4, 0.5) is 0 Å². The first-order chi connectivity index (χ1) is 10.2. The number of carbonyl (C=O) groups is 2. The van der Waals surface area contributed by atoms with Crippen molar-refractivity contribution in [3.63, 3.8) is 0 Å². The molecule has 0 spiro atoms. The average Bonchev–Trinajstić information content (AvgIpc) is 2.54. The van der Waals surface area contributed by atoms with Gasteiger partial charge in [-0.2, -0.15) is 0 Å². The number of hydrogen-bond acceptors (Lipinski definition) is 4. The highest BCUT2D eigenvalue weighted by atomic mass is 16.2. The molecule has 114 valence electrons. The highest BCUT2D eigenvalue weighted by molar-refractivity contribution is 5.87. The number of hydrogen-bond donors (Lipinski definition) is 1. The molecule has 1 aromatic heterocycles. The van der Waals surface area contributed by atoms with Crippen LogP contribution in [0, 0.1) is 0 Å². The molecule has 21 heavy (non-hydrogen) atoms. The van der Waals surface area contributed by atoms with E-state index in [0.717, 1.165) is 31.6 Å². The summed E-state index contributed by atoms with van der Waals surface area (Å²) in [6, 6.07) is 6.03. The van der Waals surface area contributed by atoms with Crippen LogP contribution in [-0.2, 0) is 9.59 Å². The van der Waals surface area contributed by atoms with Gasteiger partial charge in [0.1, 0.15) is 0 Å². The third kappa shape index (κ3) is 4.93. The zero-order chi connectivity index (χ0) is 15.1. The van der Waals surface area contributed by atoms with Gasteiger partial charge in [-0.25, -0.2) is 0 Å². The van der Waals surface area contributed by atoms with Gasteiger partial charge in [0.25, 0.3) is 0 Å². The Balaban J connectivity index is 1.72. The standard InChI is InChI=1S/C16H23N3O2/c1-2-16(21)18-11-14(20)12-19-9-6-13(7-10-19)15-5-3-4-8-17-15/h3-5,8,13H,2,6-7,9-12H2,1H3,(H,18,21). The van der Waals surface area contributed by atoms with E-state index in [0.29, 0.717) is 18.9 Å². The number of ketones is 1. The van der Waals surface area contributed by atoms with Crippen molar-refractivity contribution in [3.8, 4) is 0 Å². The summed E-state index contributed by atoms with van der Waals surface area (Å²) in [5.41, 5.74) is 1.15. The summed E-state index contributed by atoms with van der Waals surface area (Å²) in [5.74, 6) is 0.502. The largest absolute Gasteiger partial charge is 0.349 e. The van der Waals surface area contributed by atoms with E-state index < -0.39 is 0 Å². The molecule has 0 radical (unpaired) electrons. The summed E-state index contributed by atoms with van der Waals surface area (Å²) in [7, 11) is 0. The third-order valence-corrected chi connectivity index (χ3v) is 3.90. The lowest BCUT2D eigenvalue weighted by Gasteiger charge is -2.31. The Morgan fingerprint density at radius 1 is 1.33 bits per heavy atom. The number of carbonyl (C=O) groups excluding carboxylic acids is 2. The van der Waals surface area contributed by atoms with Crippen LogP contribution in [0.25, 0.3) is 0 Å². The molecule has 1 aliphatic heterocycles. The van der Waals surface area contributed by atoms with Gasteiger partial charge in [0.2, 0.25) is 5.91 Å². The maximum Gasteiger partial charge on any atom is 0.220 e. The number of pyridine rings is 1. The number of piperidine rings is 1. The van der Waals surface area contributed by atoms with E-state index in [4.69, 9.17) is 0 Å². The van der Waals surface area contributed by atoms with Gasteiger partial charge in [-0.3, -0.25) is 19.5 Å². The van der Waals surface area contributed by atoms with Crippen molar-refractivity contribution in [2.45, 2.75) is 32.1 Å². The van der Waals surface area contributed by atoms with Gasteiger partial charge in [0, 0.05) is 24.2 Å². The van der Waals surface area contributed by atoms with Crippen LogP contribution in [0.1, 0.15) is 37.8 Å². The van der Waals surface area contributed by atoms with Crippen LogP contribution >= 0.6 is 0 Å². The molecule has 2 heterocycles. The van der Waals surface area contributed by atoms with Crippen molar-refractivity contribution in [1.29, 1.82) is 0 Å². The van der Waals surface area contributed by atoms with E-state index in [1.807, 2.05) is 18.3 Å². The van der Waals surface area contributed by atoms with Crippen LogP contribution in [0.5, 0.6) is 0 Å². The summed E-state index contributed by atoms with van der Waals surface area (Å²) in [4.78, 5) is 29.5. The molecule has 1 fully saturated rings. The van der Waals surface area contributed by atoms with Crippen LogP contribution in [-0.4, -0.2) is 47.8 Å². The maximum atomic E-state index is 11.8. The molecule has 0 atom stereocenters. The van der Waals surface area contributed by atoms with Gasteiger partial charge in [-0.1, -0.05) is 13.0 Å². The van der Waals surface area contributed by atoms with Crippen molar-refractivity contribution in [3.05, 3.63) is 30.1 Å². The van der Waals surface area contributed by atoms with E-state index in [1.165, 1.54) is 0 Å².